The summed E-state index contributed by atoms with van der Waals surface area (Å²) in [5.74, 6) is 4.88. The van der Waals surface area contributed by atoms with E-state index in [0.717, 1.165) is 0 Å². The highest BCUT2D eigenvalue weighted by atomic mass is 15.2. The monoisotopic (exact) mass is 86.1 g/mol. The molecule has 0 rings (SSSR count). The summed E-state index contributed by atoms with van der Waals surface area (Å²) in [6.45, 7) is 0. The maximum atomic E-state index is 4.88. The average molecular weight is 85.9 g/mol. The first-order valence-electron chi connectivity index (χ1n) is 1.73. The van der Waals surface area contributed by atoms with Crippen molar-refractivity contribution in [2.24, 2.45) is 5.84 Å². The number of nitrogens with one attached hydrogen (secondary N) is 1. The molecular weight excluding hydrogens is 76.9 g/mol. The molecule has 0 saturated carbocycles. The number of nitrogens with two attached hydrogens (primary N) is 1. The molecule has 3 nitrogen and oxygen atoms in total. The van der Waals surface area contributed by atoms with Crippen LogP contribution >= 0.6 is 0 Å². The molecule has 0 aromatic carbocycles. The van der Waals surface area contributed by atoms with Crippen molar-refractivity contribution in [1.29, 1.82) is 0 Å². The summed E-state index contributed by atoms with van der Waals surface area (Å²) in [4.78, 5) is 1.82. The van der Waals surface area contributed by atoms with Gasteiger partial charge in [0.15, 0.2) is 0 Å². The minimum Gasteiger partial charge on any atom is -0.337 e. The third-order valence-corrected chi connectivity index (χ3v) is 0.333. The van der Waals surface area contributed by atoms with Crippen molar-refractivity contribution in [1.82, 2.24) is 10.1 Å². The largest absolute Gasteiger partial charge is 0.337 e. The standard InChI is InChI=1S/C2H9BN3/c1-6(2)3-5-4/h5H,4H2,1-2H3. The van der Waals surface area contributed by atoms with E-state index in [1.807, 2.05) is 18.9 Å². The van der Waals surface area contributed by atoms with Crippen LogP contribution in [-0.4, -0.2) is 26.5 Å². The van der Waals surface area contributed by atoms with Crippen LogP contribution < -0.4 is 11.2 Å². The molecule has 0 fully saturated rings. The van der Waals surface area contributed by atoms with E-state index in [9.17, 15) is 0 Å². The van der Waals surface area contributed by atoms with Crippen LogP contribution in [-0.2, 0) is 0 Å². The van der Waals surface area contributed by atoms with Crippen LogP contribution in [0.2, 0.25) is 0 Å². The van der Waals surface area contributed by atoms with E-state index in [0.29, 0.717) is 0 Å². The molecule has 3 N–H and O–H groups in total. The van der Waals surface area contributed by atoms with Crippen molar-refractivity contribution in [3.63, 3.8) is 0 Å². The quantitative estimate of drug-likeness (QED) is 0.245. The molecule has 6 heavy (non-hydrogen) atoms. The van der Waals surface area contributed by atoms with Crippen LogP contribution in [0.1, 0.15) is 0 Å². The van der Waals surface area contributed by atoms with Crippen molar-refractivity contribution in [2.45, 2.75) is 0 Å². The highest BCUT2D eigenvalue weighted by Gasteiger charge is 1.84. The Morgan fingerprint density at radius 2 is 2.17 bits per heavy atom. The lowest BCUT2D eigenvalue weighted by atomic mass is 10.2. The van der Waals surface area contributed by atoms with Gasteiger partial charge in [0.2, 0.25) is 0 Å². The smallest absolute Gasteiger partial charge is 0.324 e. The van der Waals surface area contributed by atoms with E-state index in [1.54, 1.807) is 7.55 Å². The Bertz CT molecular complexity index is 30.0. The van der Waals surface area contributed by atoms with E-state index >= 15 is 0 Å². The number of nitrogens with zero attached hydrogens (tertiary/aromatic N) is 1. The van der Waals surface area contributed by atoms with E-state index in [-0.39, 0.29) is 0 Å². The molecule has 0 unspecified atom stereocenters. The molecule has 1 radical (unpaired) electrons. The van der Waals surface area contributed by atoms with E-state index in [1.165, 1.54) is 0 Å². The summed E-state index contributed by atoms with van der Waals surface area (Å²) in [7, 11) is 5.43. The third kappa shape index (κ3) is 3.94. The van der Waals surface area contributed by atoms with Crippen LogP contribution in [0.3, 0.4) is 0 Å². The molecular formula is C2H9BN3. The predicted molar refractivity (Wildman–Crippen MR) is 26.8 cm³/mol. The minimum atomic E-state index is 1.65. The van der Waals surface area contributed by atoms with Gasteiger partial charge in [0, 0.05) is 0 Å². The van der Waals surface area contributed by atoms with Gasteiger partial charge >= 0.3 is 7.55 Å². The van der Waals surface area contributed by atoms with Crippen LogP contribution in [0, 0.1) is 0 Å². The molecule has 0 bridgehead atoms. The van der Waals surface area contributed by atoms with Crippen molar-refractivity contribution in [3.05, 3.63) is 0 Å². The first-order valence-corrected chi connectivity index (χ1v) is 1.73. The van der Waals surface area contributed by atoms with Crippen molar-refractivity contribution >= 4 is 7.55 Å². The second-order valence-electron chi connectivity index (χ2n) is 1.26. The zero-order valence-corrected chi connectivity index (χ0v) is 4.10. The van der Waals surface area contributed by atoms with Gasteiger partial charge in [-0.05, 0) is 14.1 Å². The number of hydrazine groups is 1. The van der Waals surface area contributed by atoms with Gasteiger partial charge in [0.05, 0.1) is 0 Å². The summed E-state index contributed by atoms with van der Waals surface area (Å²) >= 11 is 0. The summed E-state index contributed by atoms with van der Waals surface area (Å²) in [5, 5.41) is 2.37. The average Bonchev–Trinajstić information content (AvgIpc) is 1.35. The zero-order chi connectivity index (χ0) is 4.99. The fourth-order valence-electron chi connectivity index (χ4n) is 0.149. The fourth-order valence-corrected chi connectivity index (χ4v) is 0.149. The van der Waals surface area contributed by atoms with Gasteiger partial charge in [-0.2, -0.15) is 0 Å². The van der Waals surface area contributed by atoms with E-state index < -0.39 is 0 Å². The molecule has 4 heteroatoms. The summed E-state index contributed by atoms with van der Waals surface area (Å²) in [6, 6.07) is 0. The molecule has 0 aromatic rings. The van der Waals surface area contributed by atoms with Gasteiger partial charge < -0.3 is 4.81 Å². The summed E-state index contributed by atoms with van der Waals surface area (Å²) < 4.78 is 0. The highest BCUT2D eigenvalue weighted by molar-refractivity contribution is 6.27. The van der Waals surface area contributed by atoms with Gasteiger partial charge in [-0.25, -0.2) is 0 Å². The Kier molecular flexibility index (Phi) is 3.12. The molecule has 0 aromatic heterocycles. The van der Waals surface area contributed by atoms with Crippen molar-refractivity contribution in [2.75, 3.05) is 14.1 Å². The lowest BCUT2D eigenvalue weighted by Gasteiger charge is -2.02. The Balaban J connectivity index is 2.63. The van der Waals surface area contributed by atoms with Gasteiger partial charge in [-0.3, -0.25) is 11.2 Å². The molecule has 35 valence electrons. The molecule has 0 amide bonds. The summed E-state index contributed by atoms with van der Waals surface area (Å²) in [5.41, 5.74) is 0. The van der Waals surface area contributed by atoms with Gasteiger partial charge in [0.1, 0.15) is 0 Å². The third-order valence-electron chi connectivity index (χ3n) is 0.333. The van der Waals surface area contributed by atoms with Crippen molar-refractivity contribution in [3.8, 4) is 0 Å². The van der Waals surface area contributed by atoms with Crippen LogP contribution in [0.5, 0.6) is 0 Å². The molecule has 0 aliphatic carbocycles. The Labute approximate surface area is 38.8 Å². The number of hydrogen-bond donors (Lipinski definition) is 2. The zero-order valence-electron chi connectivity index (χ0n) is 4.10. The molecule has 0 atom stereocenters. The second-order valence-corrected chi connectivity index (χ2v) is 1.26. The second kappa shape index (κ2) is 3.15. The molecule has 0 aliphatic rings. The first-order chi connectivity index (χ1) is 2.77. The fraction of sp³-hybridized carbons (Fsp3) is 1.00. The van der Waals surface area contributed by atoms with Crippen molar-refractivity contribution < 1.29 is 0 Å². The Morgan fingerprint density at radius 1 is 1.67 bits per heavy atom. The minimum absolute atomic E-state index is 1.65. The molecule has 0 spiro atoms. The van der Waals surface area contributed by atoms with E-state index in [2.05, 4.69) is 5.34 Å². The lowest BCUT2D eigenvalue weighted by molar-refractivity contribution is 0.643. The summed E-state index contributed by atoms with van der Waals surface area (Å²) in [6.07, 6.45) is 0. The van der Waals surface area contributed by atoms with Crippen LogP contribution in [0.15, 0.2) is 0 Å². The van der Waals surface area contributed by atoms with E-state index in [4.69, 9.17) is 5.84 Å². The lowest BCUT2D eigenvalue weighted by Crippen LogP contribution is -2.37. The predicted octanol–water partition coefficient (Wildman–Crippen LogP) is -1.45. The highest BCUT2D eigenvalue weighted by Crippen LogP contribution is 1.55. The van der Waals surface area contributed by atoms with Gasteiger partial charge in [-0.1, -0.05) is 0 Å². The maximum absolute atomic E-state index is 4.88. The molecule has 0 aliphatic heterocycles. The molecule has 0 heterocycles. The topological polar surface area (TPSA) is 41.3 Å². The Hall–Kier alpha value is -0.0551. The van der Waals surface area contributed by atoms with Gasteiger partial charge in [-0.15, -0.1) is 0 Å². The molecule has 0 saturated heterocycles. The maximum Gasteiger partial charge on any atom is 0.324 e. The normalized spacial score (nSPS) is 9.33. The van der Waals surface area contributed by atoms with Gasteiger partial charge in [0.25, 0.3) is 0 Å². The Morgan fingerprint density at radius 3 is 2.17 bits per heavy atom. The number of rotatable bonds is 2. The van der Waals surface area contributed by atoms with Crippen LogP contribution in [0.25, 0.3) is 0 Å². The van der Waals surface area contributed by atoms with Crippen LogP contribution in [0.4, 0.5) is 0 Å². The number of hydrogen-bond acceptors (Lipinski definition) is 3. The first kappa shape index (κ1) is 5.94. The SMILES string of the molecule is CN(C)[B]NN.